The van der Waals surface area contributed by atoms with Crippen molar-refractivity contribution in [3.8, 4) is 16.9 Å². The molecule has 0 atom stereocenters. The Morgan fingerprint density at radius 3 is 2.32 bits per heavy atom. The number of methoxy groups -OCH3 is 1. The van der Waals surface area contributed by atoms with E-state index in [0.717, 1.165) is 33.2 Å². The summed E-state index contributed by atoms with van der Waals surface area (Å²) in [6, 6.07) is 17.7. The number of piperidine rings is 1. The van der Waals surface area contributed by atoms with Crippen LogP contribution in [0.5, 0.6) is 5.75 Å². The van der Waals surface area contributed by atoms with Gasteiger partial charge in [-0.1, -0.05) is 42.0 Å². The van der Waals surface area contributed by atoms with E-state index < -0.39 is 15.3 Å². The largest absolute Gasteiger partial charge is 0.496 e. The van der Waals surface area contributed by atoms with Crippen LogP contribution < -0.4 is 9.88 Å². The van der Waals surface area contributed by atoms with Crippen molar-refractivity contribution in [3.63, 3.8) is 0 Å². The zero-order valence-corrected chi connectivity index (χ0v) is 18.5. The van der Waals surface area contributed by atoms with E-state index in [1.165, 1.54) is 0 Å². The average molecular weight is 439 g/mol. The summed E-state index contributed by atoms with van der Waals surface area (Å²) in [7, 11) is -1.92. The number of sulfonamides is 1. The molecule has 1 saturated heterocycles. The molecule has 1 heterocycles. The topological polar surface area (TPSA) is 89.7 Å². The fourth-order valence-corrected chi connectivity index (χ4v) is 5.18. The van der Waals surface area contributed by atoms with Gasteiger partial charge in [0.2, 0.25) is 10.0 Å². The number of aryl methyl sites for hydroxylation is 1. The molecule has 0 spiro atoms. The van der Waals surface area contributed by atoms with E-state index >= 15 is 0 Å². The first-order valence-electron chi connectivity index (χ1n) is 10.3. The van der Waals surface area contributed by atoms with Crippen molar-refractivity contribution in [3.05, 3.63) is 65.7 Å². The van der Waals surface area contributed by atoms with Crippen LogP contribution in [-0.4, -0.2) is 44.7 Å². The van der Waals surface area contributed by atoms with E-state index in [4.69, 9.17) is 9.88 Å². The molecule has 1 aliphatic heterocycles. The molecule has 4 rings (SSSR count). The third kappa shape index (κ3) is 4.16. The van der Waals surface area contributed by atoms with Gasteiger partial charge in [0.25, 0.3) is 5.91 Å². The second-order valence-corrected chi connectivity index (χ2v) is 9.84. The lowest BCUT2D eigenvalue weighted by molar-refractivity contribution is 0.0727. The summed E-state index contributed by atoms with van der Waals surface area (Å²) in [6.07, 6.45) is 0.724. The summed E-state index contributed by atoms with van der Waals surface area (Å²) in [5.74, 6) is 0.687. The third-order valence-corrected chi connectivity index (χ3v) is 7.39. The molecule has 0 saturated carbocycles. The summed E-state index contributed by atoms with van der Waals surface area (Å²) >= 11 is 0. The number of carbonyl (C=O) groups is 1. The number of rotatable bonds is 4. The molecule has 0 unspecified atom stereocenters. The maximum absolute atomic E-state index is 13.3. The van der Waals surface area contributed by atoms with Crippen LogP contribution in [0.2, 0.25) is 0 Å². The smallest absolute Gasteiger partial charge is 0.254 e. The number of ether oxygens (including phenoxy) is 1. The Kier molecular flexibility index (Phi) is 5.73. The molecule has 0 aliphatic carbocycles. The molecule has 1 aliphatic rings. The van der Waals surface area contributed by atoms with Crippen molar-refractivity contribution in [1.29, 1.82) is 0 Å². The van der Waals surface area contributed by atoms with E-state index in [1.807, 2.05) is 55.5 Å². The Balaban J connectivity index is 1.73. The van der Waals surface area contributed by atoms with Crippen molar-refractivity contribution in [2.75, 3.05) is 20.2 Å². The fraction of sp³-hybridized carbons (Fsp3) is 0.292. The molecule has 31 heavy (non-hydrogen) atoms. The Bertz CT molecular complexity index is 1250. The Morgan fingerprint density at radius 2 is 1.68 bits per heavy atom. The molecule has 3 aromatic carbocycles. The SMILES string of the molecule is COc1ccc(C)cc1-c1ccc(C(=O)N2CCC(S(N)(=O)=O)CC2)c2ccccc12. The van der Waals surface area contributed by atoms with Gasteiger partial charge in [0.05, 0.1) is 12.4 Å². The van der Waals surface area contributed by atoms with Gasteiger partial charge < -0.3 is 9.64 Å². The number of fused-ring (bicyclic) bond motifs is 1. The molecule has 1 amide bonds. The van der Waals surface area contributed by atoms with Crippen molar-refractivity contribution >= 4 is 26.7 Å². The molecule has 1 fully saturated rings. The van der Waals surface area contributed by atoms with Crippen LogP contribution in [0.25, 0.3) is 21.9 Å². The number of likely N-dealkylation sites (tertiary alicyclic amines) is 1. The van der Waals surface area contributed by atoms with Gasteiger partial charge in [-0.25, -0.2) is 13.6 Å². The third-order valence-electron chi connectivity index (χ3n) is 5.99. The van der Waals surface area contributed by atoms with Gasteiger partial charge >= 0.3 is 0 Å². The monoisotopic (exact) mass is 438 g/mol. The minimum Gasteiger partial charge on any atom is -0.496 e. The number of hydrogen-bond acceptors (Lipinski definition) is 4. The van der Waals surface area contributed by atoms with Crippen LogP contribution in [0.15, 0.2) is 54.6 Å². The second kappa shape index (κ2) is 8.32. The lowest BCUT2D eigenvalue weighted by Gasteiger charge is -2.31. The zero-order valence-electron chi connectivity index (χ0n) is 17.7. The van der Waals surface area contributed by atoms with E-state index in [1.54, 1.807) is 12.0 Å². The molecular weight excluding hydrogens is 412 g/mol. The van der Waals surface area contributed by atoms with E-state index in [0.29, 0.717) is 31.5 Å². The number of amides is 1. The number of hydrogen-bond donors (Lipinski definition) is 1. The summed E-state index contributed by atoms with van der Waals surface area (Å²) in [4.78, 5) is 15.0. The van der Waals surface area contributed by atoms with Gasteiger partial charge in [-0.2, -0.15) is 0 Å². The van der Waals surface area contributed by atoms with Crippen molar-refractivity contribution in [2.24, 2.45) is 5.14 Å². The van der Waals surface area contributed by atoms with Gasteiger partial charge in [-0.15, -0.1) is 0 Å². The first-order chi connectivity index (χ1) is 14.8. The van der Waals surface area contributed by atoms with Crippen LogP contribution in [0.1, 0.15) is 28.8 Å². The summed E-state index contributed by atoms with van der Waals surface area (Å²) in [6.45, 7) is 2.79. The maximum Gasteiger partial charge on any atom is 0.254 e. The predicted octanol–water partition coefficient (Wildman–Crippen LogP) is 3.72. The van der Waals surface area contributed by atoms with Gasteiger partial charge in [-0.05, 0) is 54.3 Å². The van der Waals surface area contributed by atoms with Crippen LogP contribution in [0, 0.1) is 6.92 Å². The normalized spacial score (nSPS) is 15.3. The lowest BCUT2D eigenvalue weighted by atomic mass is 9.93. The zero-order chi connectivity index (χ0) is 22.2. The Labute approximate surface area is 182 Å². The first kappa shape index (κ1) is 21.3. The van der Waals surface area contributed by atoms with Crippen molar-refractivity contribution < 1.29 is 17.9 Å². The lowest BCUT2D eigenvalue weighted by Crippen LogP contribution is -2.44. The molecule has 3 aromatic rings. The predicted molar refractivity (Wildman–Crippen MR) is 123 cm³/mol. The average Bonchev–Trinajstić information content (AvgIpc) is 2.77. The minimum atomic E-state index is -3.57. The van der Waals surface area contributed by atoms with Crippen LogP contribution in [0.4, 0.5) is 0 Å². The number of carbonyl (C=O) groups excluding carboxylic acids is 1. The van der Waals surface area contributed by atoms with Crippen molar-refractivity contribution in [1.82, 2.24) is 4.90 Å². The molecule has 0 radical (unpaired) electrons. The van der Waals surface area contributed by atoms with Crippen LogP contribution >= 0.6 is 0 Å². The summed E-state index contributed by atoms with van der Waals surface area (Å²) < 4.78 is 28.8. The Hall–Kier alpha value is -2.90. The molecule has 0 bridgehead atoms. The Morgan fingerprint density at radius 1 is 1.00 bits per heavy atom. The van der Waals surface area contributed by atoms with Gasteiger partial charge in [0.1, 0.15) is 5.75 Å². The number of nitrogens with zero attached hydrogens (tertiary/aromatic N) is 1. The highest BCUT2D eigenvalue weighted by atomic mass is 32.2. The highest BCUT2D eigenvalue weighted by molar-refractivity contribution is 7.89. The molecule has 6 nitrogen and oxygen atoms in total. The quantitative estimate of drug-likeness (QED) is 0.672. The molecule has 7 heteroatoms. The van der Waals surface area contributed by atoms with Crippen LogP contribution in [0.3, 0.4) is 0 Å². The van der Waals surface area contributed by atoms with Gasteiger partial charge in [0, 0.05) is 24.2 Å². The molecule has 162 valence electrons. The standard InChI is InChI=1S/C24H26N2O4S/c1-16-7-10-23(30-2)22(15-16)20-8-9-21(19-6-4-3-5-18(19)20)24(27)26-13-11-17(12-14-26)31(25,28)29/h3-10,15,17H,11-14H2,1-2H3,(H2,25,28,29). The first-order valence-corrected chi connectivity index (χ1v) is 11.9. The van der Waals surface area contributed by atoms with E-state index in [9.17, 15) is 13.2 Å². The summed E-state index contributed by atoms with van der Waals surface area (Å²) in [5, 5.41) is 6.53. The maximum atomic E-state index is 13.3. The van der Waals surface area contributed by atoms with E-state index in [-0.39, 0.29) is 5.91 Å². The van der Waals surface area contributed by atoms with Crippen molar-refractivity contribution in [2.45, 2.75) is 25.0 Å². The molecule has 2 N–H and O–H groups in total. The molecular formula is C24H26N2O4S. The highest BCUT2D eigenvalue weighted by Crippen LogP contribution is 2.37. The van der Waals surface area contributed by atoms with E-state index in [2.05, 4.69) is 6.07 Å². The number of benzene rings is 3. The van der Waals surface area contributed by atoms with Gasteiger partial charge in [-0.3, -0.25) is 4.79 Å². The number of nitrogens with two attached hydrogens (primary N) is 1. The second-order valence-electron chi connectivity index (χ2n) is 7.99. The fourth-order valence-electron chi connectivity index (χ4n) is 4.31. The van der Waals surface area contributed by atoms with Crippen LogP contribution in [-0.2, 0) is 10.0 Å². The van der Waals surface area contributed by atoms with Gasteiger partial charge in [0.15, 0.2) is 0 Å². The summed E-state index contributed by atoms with van der Waals surface area (Å²) in [5.41, 5.74) is 3.71. The highest BCUT2D eigenvalue weighted by Gasteiger charge is 2.30. The number of primary sulfonamides is 1. The molecule has 0 aromatic heterocycles. The minimum absolute atomic E-state index is 0.0909.